The number of halogens is 1. The highest BCUT2D eigenvalue weighted by Crippen LogP contribution is 2.19. The van der Waals surface area contributed by atoms with Crippen LogP contribution < -0.4 is 15.5 Å². The van der Waals surface area contributed by atoms with Crippen LogP contribution in [-0.2, 0) is 9.59 Å². The largest absolute Gasteiger partial charge is 0.368 e. The van der Waals surface area contributed by atoms with Gasteiger partial charge in [-0.1, -0.05) is 29.8 Å². The van der Waals surface area contributed by atoms with Crippen LogP contribution in [0, 0.1) is 0 Å². The van der Waals surface area contributed by atoms with Gasteiger partial charge in [-0.2, -0.15) is 0 Å². The number of amides is 4. The number of nitrogens with one attached hydrogen (secondary N) is 2. The van der Waals surface area contributed by atoms with Crippen molar-refractivity contribution in [2.45, 2.75) is 12.5 Å². The van der Waals surface area contributed by atoms with Crippen LogP contribution in [0.25, 0.3) is 0 Å². The lowest BCUT2D eigenvalue weighted by Crippen LogP contribution is -2.60. The fraction of sp³-hybridized carbons (Fsp3) is 0.348. The van der Waals surface area contributed by atoms with Crippen molar-refractivity contribution >= 4 is 40.8 Å². The molecule has 0 aromatic heterocycles. The molecule has 0 spiro atoms. The lowest BCUT2D eigenvalue weighted by Gasteiger charge is -2.38. The molecule has 2 aromatic rings. The molecule has 2 fully saturated rings. The van der Waals surface area contributed by atoms with Gasteiger partial charge >= 0.3 is 6.03 Å². The molecule has 4 rings (SSSR count). The third-order valence-corrected chi connectivity index (χ3v) is 6.06. The molecule has 0 aliphatic carbocycles. The summed E-state index contributed by atoms with van der Waals surface area (Å²) in [6.45, 7) is 3.32. The molecule has 2 heterocycles. The number of urea groups is 1. The Balaban J connectivity index is 1.36. The van der Waals surface area contributed by atoms with E-state index in [0.717, 1.165) is 18.8 Å². The van der Waals surface area contributed by atoms with Crippen molar-refractivity contribution in [3.8, 4) is 0 Å². The number of hydrogen-bond acceptors (Lipinski definition) is 4. The number of carbonyl (C=O) groups is 3. The number of anilines is 2. The van der Waals surface area contributed by atoms with E-state index < -0.39 is 12.1 Å². The molecule has 8 nitrogen and oxygen atoms in total. The van der Waals surface area contributed by atoms with Crippen molar-refractivity contribution in [1.82, 2.24) is 15.1 Å². The van der Waals surface area contributed by atoms with E-state index in [1.54, 1.807) is 29.2 Å². The van der Waals surface area contributed by atoms with Crippen LogP contribution in [0.3, 0.4) is 0 Å². The highest BCUT2D eigenvalue weighted by atomic mass is 35.5. The first-order valence-corrected chi connectivity index (χ1v) is 11.1. The van der Waals surface area contributed by atoms with E-state index >= 15 is 0 Å². The summed E-state index contributed by atoms with van der Waals surface area (Å²) in [6, 6.07) is 15.6. The molecule has 0 saturated carbocycles. The second kappa shape index (κ2) is 9.91. The highest BCUT2D eigenvalue weighted by molar-refractivity contribution is 6.30. The SMILES string of the molecule is O=C1NCCN(C(=O)Nc2ccc(Cl)cc2)C1CC(=O)N1CCN(c2ccccc2)CC1. The predicted molar refractivity (Wildman–Crippen MR) is 124 cm³/mol. The summed E-state index contributed by atoms with van der Waals surface area (Å²) in [5.41, 5.74) is 1.71. The van der Waals surface area contributed by atoms with Crippen LogP contribution in [-0.4, -0.2) is 73.0 Å². The van der Waals surface area contributed by atoms with Crippen LogP contribution in [0.4, 0.5) is 16.2 Å². The Morgan fingerprint density at radius 3 is 2.34 bits per heavy atom. The third-order valence-electron chi connectivity index (χ3n) is 5.81. The van der Waals surface area contributed by atoms with Gasteiger partial charge in [0.25, 0.3) is 0 Å². The van der Waals surface area contributed by atoms with Crippen molar-refractivity contribution in [2.24, 2.45) is 0 Å². The first-order chi connectivity index (χ1) is 15.5. The standard InChI is InChI=1S/C23H26ClN5O3/c24-17-6-8-18(9-7-17)26-23(32)29-11-10-25-22(31)20(29)16-21(30)28-14-12-27(13-15-28)19-4-2-1-3-5-19/h1-9,20H,10-16H2,(H,25,31)(H,26,32). The molecule has 2 aliphatic rings. The van der Waals surface area contributed by atoms with Gasteiger partial charge in [-0.3, -0.25) is 9.59 Å². The molecule has 0 bridgehead atoms. The Morgan fingerprint density at radius 1 is 0.969 bits per heavy atom. The Bertz CT molecular complexity index is 961. The molecule has 1 unspecified atom stereocenters. The van der Waals surface area contributed by atoms with E-state index in [9.17, 15) is 14.4 Å². The van der Waals surface area contributed by atoms with Gasteiger partial charge in [0.1, 0.15) is 6.04 Å². The van der Waals surface area contributed by atoms with Crippen molar-refractivity contribution in [3.05, 3.63) is 59.6 Å². The van der Waals surface area contributed by atoms with E-state index in [4.69, 9.17) is 11.6 Å². The zero-order valence-electron chi connectivity index (χ0n) is 17.7. The quantitative estimate of drug-likeness (QED) is 0.741. The van der Waals surface area contributed by atoms with Gasteiger partial charge in [0, 0.05) is 55.7 Å². The summed E-state index contributed by atoms with van der Waals surface area (Å²) in [5, 5.41) is 6.12. The number of nitrogens with zero attached hydrogens (tertiary/aromatic N) is 3. The minimum absolute atomic E-state index is 0.0365. The van der Waals surface area contributed by atoms with Gasteiger partial charge in [-0.05, 0) is 36.4 Å². The van der Waals surface area contributed by atoms with Gasteiger partial charge in [0.15, 0.2) is 0 Å². The van der Waals surface area contributed by atoms with Crippen LogP contribution in [0.2, 0.25) is 5.02 Å². The average molecular weight is 456 g/mol. The number of piperazine rings is 2. The Morgan fingerprint density at radius 2 is 1.66 bits per heavy atom. The molecular weight excluding hydrogens is 430 g/mol. The molecule has 4 amide bonds. The second-order valence-electron chi connectivity index (χ2n) is 7.84. The summed E-state index contributed by atoms with van der Waals surface area (Å²) in [5.74, 6) is -0.428. The molecule has 2 aliphatic heterocycles. The normalized spacial score (nSPS) is 18.8. The Labute approximate surface area is 192 Å². The lowest BCUT2D eigenvalue weighted by atomic mass is 10.1. The molecule has 0 radical (unpaired) electrons. The summed E-state index contributed by atoms with van der Waals surface area (Å²) in [4.78, 5) is 43.8. The summed E-state index contributed by atoms with van der Waals surface area (Å²) < 4.78 is 0. The lowest BCUT2D eigenvalue weighted by molar-refractivity contribution is -0.137. The monoisotopic (exact) mass is 455 g/mol. The molecule has 2 aromatic carbocycles. The maximum atomic E-state index is 13.0. The Kier molecular flexibility index (Phi) is 6.80. The smallest absolute Gasteiger partial charge is 0.322 e. The molecule has 32 heavy (non-hydrogen) atoms. The maximum Gasteiger partial charge on any atom is 0.322 e. The summed E-state index contributed by atoms with van der Waals surface area (Å²) >= 11 is 5.89. The van der Waals surface area contributed by atoms with Crippen LogP contribution in [0.15, 0.2) is 54.6 Å². The van der Waals surface area contributed by atoms with Crippen LogP contribution in [0.5, 0.6) is 0 Å². The highest BCUT2D eigenvalue weighted by Gasteiger charge is 2.36. The summed E-state index contributed by atoms with van der Waals surface area (Å²) in [7, 11) is 0. The van der Waals surface area contributed by atoms with E-state index in [0.29, 0.717) is 36.9 Å². The van der Waals surface area contributed by atoms with Crippen LogP contribution >= 0.6 is 11.6 Å². The maximum absolute atomic E-state index is 13.0. The van der Waals surface area contributed by atoms with Crippen LogP contribution in [0.1, 0.15) is 6.42 Å². The molecular formula is C23H26ClN5O3. The van der Waals surface area contributed by atoms with Gasteiger partial charge < -0.3 is 25.3 Å². The molecule has 2 N–H and O–H groups in total. The second-order valence-corrected chi connectivity index (χ2v) is 8.28. The van der Waals surface area contributed by atoms with Crippen molar-refractivity contribution in [3.63, 3.8) is 0 Å². The zero-order valence-corrected chi connectivity index (χ0v) is 18.4. The fourth-order valence-electron chi connectivity index (χ4n) is 4.04. The van der Waals surface area contributed by atoms with E-state index in [1.807, 2.05) is 18.2 Å². The number of benzene rings is 2. The van der Waals surface area contributed by atoms with E-state index in [1.165, 1.54) is 4.90 Å². The number of rotatable bonds is 4. The molecule has 1 atom stereocenters. The molecule has 168 valence electrons. The van der Waals surface area contributed by atoms with Crippen molar-refractivity contribution in [2.75, 3.05) is 49.5 Å². The summed E-state index contributed by atoms with van der Waals surface area (Å²) in [6.07, 6.45) is -0.0365. The van der Waals surface area contributed by atoms with Gasteiger partial charge in [-0.25, -0.2) is 4.79 Å². The Hall–Kier alpha value is -3.26. The average Bonchev–Trinajstić information content (AvgIpc) is 2.82. The number of hydrogen-bond donors (Lipinski definition) is 2. The van der Waals surface area contributed by atoms with Gasteiger partial charge in [0.2, 0.25) is 11.8 Å². The number of carbonyl (C=O) groups excluding carboxylic acids is 3. The minimum atomic E-state index is -0.837. The van der Waals surface area contributed by atoms with Crippen molar-refractivity contribution in [1.29, 1.82) is 0 Å². The van der Waals surface area contributed by atoms with E-state index in [-0.39, 0.29) is 18.2 Å². The molecule has 2 saturated heterocycles. The first kappa shape index (κ1) is 22.0. The van der Waals surface area contributed by atoms with Gasteiger partial charge in [0.05, 0.1) is 6.42 Å². The fourth-order valence-corrected chi connectivity index (χ4v) is 4.16. The third kappa shape index (κ3) is 5.13. The number of para-hydroxylation sites is 1. The molecule has 9 heteroatoms. The van der Waals surface area contributed by atoms with Gasteiger partial charge in [-0.15, -0.1) is 0 Å². The van der Waals surface area contributed by atoms with E-state index in [2.05, 4.69) is 27.7 Å². The first-order valence-electron chi connectivity index (χ1n) is 10.7. The minimum Gasteiger partial charge on any atom is -0.368 e. The van der Waals surface area contributed by atoms with Crippen molar-refractivity contribution < 1.29 is 14.4 Å². The topological polar surface area (TPSA) is 85.0 Å². The predicted octanol–water partition coefficient (Wildman–Crippen LogP) is 2.41. The zero-order chi connectivity index (χ0) is 22.5.